The van der Waals surface area contributed by atoms with E-state index in [2.05, 4.69) is 45.8 Å². The summed E-state index contributed by atoms with van der Waals surface area (Å²) in [5, 5.41) is 0. The Labute approximate surface area is 147 Å². The third-order valence-corrected chi connectivity index (χ3v) is 5.62. The van der Waals surface area contributed by atoms with Crippen LogP contribution in [0.5, 0.6) is 0 Å². The number of rotatable bonds is 5. The highest BCUT2D eigenvalue weighted by Crippen LogP contribution is 2.60. The number of ether oxygens (including phenoxy) is 1. The predicted octanol–water partition coefficient (Wildman–Crippen LogP) is 5.30. The molecular weight excluding hydrogens is 296 g/mol. The second kappa shape index (κ2) is 7.60. The average Bonchev–Trinajstić information content (AvgIpc) is 3.05. The molecule has 0 amide bonds. The van der Waals surface area contributed by atoms with E-state index in [1.165, 1.54) is 37.7 Å². The van der Waals surface area contributed by atoms with E-state index in [4.69, 9.17) is 11.2 Å². The lowest BCUT2D eigenvalue weighted by Gasteiger charge is -2.21. The number of terminal acetylenes is 1. The lowest BCUT2D eigenvalue weighted by atomic mass is 9.87. The molecule has 0 aromatic rings. The molecule has 0 aromatic carbocycles. The minimum atomic E-state index is -0.525. The maximum atomic E-state index is 12.6. The Kier molecular flexibility index (Phi) is 5.97. The van der Waals surface area contributed by atoms with Gasteiger partial charge in [0.25, 0.3) is 0 Å². The first-order chi connectivity index (χ1) is 11.3. The fourth-order valence-corrected chi connectivity index (χ4v) is 4.01. The summed E-state index contributed by atoms with van der Waals surface area (Å²) in [4.78, 5) is 12.6. The number of carbonyl (C=O) groups excluding carboxylic acids is 1. The molecule has 2 saturated carbocycles. The van der Waals surface area contributed by atoms with Gasteiger partial charge in [0.2, 0.25) is 0 Å². The van der Waals surface area contributed by atoms with Crippen molar-refractivity contribution < 1.29 is 9.53 Å². The van der Waals surface area contributed by atoms with Crippen molar-refractivity contribution in [2.75, 3.05) is 0 Å². The fraction of sp³-hybridized carbons (Fsp3) is 0.682. The summed E-state index contributed by atoms with van der Waals surface area (Å²) < 4.78 is 5.70. The van der Waals surface area contributed by atoms with Gasteiger partial charge in [-0.05, 0) is 56.4 Å². The van der Waals surface area contributed by atoms with Gasteiger partial charge in [0.15, 0.2) is 6.10 Å². The van der Waals surface area contributed by atoms with Crippen LogP contribution in [0.2, 0.25) is 0 Å². The summed E-state index contributed by atoms with van der Waals surface area (Å²) in [6, 6.07) is 0. The average molecular weight is 328 g/mol. The Bertz CT molecular complexity index is 563. The minimum Gasteiger partial charge on any atom is -0.444 e. The first-order valence-electron chi connectivity index (χ1n) is 9.27. The van der Waals surface area contributed by atoms with Crippen molar-refractivity contribution in [2.24, 2.45) is 23.2 Å². The van der Waals surface area contributed by atoms with E-state index in [-0.39, 0.29) is 23.2 Å². The molecule has 132 valence electrons. The highest BCUT2D eigenvalue weighted by molar-refractivity contribution is 5.79. The van der Waals surface area contributed by atoms with Crippen molar-refractivity contribution in [3.63, 3.8) is 0 Å². The quantitative estimate of drug-likeness (QED) is 0.389. The largest absolute Gasteiger partial charge is 0.444 e. The zero-order valence-corrected chi connectivity index (χ0v) is 15.9. The number of hydrogen-bond donors (Lipinski definition) is 0. The Morgan fingerprint density at radius 2 is 1.79 bits per heavy atom. The molecule has 2 aliphatic rings. The van der Waals surface area contributed by atoms with Crippen LogP contribution in [-0.2, 0) is 9.53 Å². The van der Waals surface area contributed by atoms with E-state index < -0.39 is 6.10 Å². The van der Waals surface area contributed by atoms with E-state index in [1.54, 1.807) is 0 Å². The molecule has 3 unspecified atom stereocenters. The van der Waals surface area contributed by atoms with E-state index in [0.717, 1.165) is 5.57 Å². The van der Waals surface area contributed by atoms with Gasteiger partial charge >= 0.3 is 5.97 Å². The molecule has 0 radical (unpaired) electrons. The molecule has 2 fully saturated rings. The maximum Gasteiger partial charge on any atom is 0.311 e. The number of carbonyl (C=O) groups is 1. The normalized spacial score (nSPS) is 27.8. The molecule has 2 rings (SSSR count). The molecular formula is C22H32O2. The smallest absolute Gasteiger partial charge is 0.311 e. The first kappa shape index (κ1) is 18.8. The van der Waals surface area contributed by atoms with E-state index >= 15 is 0 Å². The zero-order chi connectivity index (χ0) is 17.9. The van der Waals surface area contributed by atoms with Crippen LogP contribution < -0.4 is 0 Å². The molecule has 0 saturated heterocycles. The van der Waals surface area contributed by atoms with Crippen LogP contribution in [0.4, 0.5) is 0 Å². The van der Waals surface area contributed by atoms with Gasteiger partial charge in [-0.1, -0.05) is 56.8 Å². The number of hydrogen-bond acceptors (Lipinski definition) is 2. The molecule has 2 nitrogen and oxygen atoms in total. The second-order valence-corrected chi connectivity index (χ2v) is 8.36. The minimum absolute atomic E-state index is 0.0332. The van der Waals surface area contributed by atoms with E-state index in [0.29, 0.717) is 5.92 Å². The second-order valence-electron chi connectivity index (χ2n) is 8.36. The van der Waals surface area contributed by atoms with Crippen LogP contribution in [0.15, 0.2) is 23.3 Å². The molecule has 24 heavy (non-hydrogen) atoms. The van der Waals surface area contributed by atoms with Crippen molar-refractivity contribution in [2.45, 2.75) is 72.8 Å². The van der Waals surface area contributed by atoms with Gasteiger partial charge in [-0.15, -0.1) is 6.42 Å². The zero-order valence-electron chi connectivity index (χ0n) is 15.9. The van der Waals surface area contributed by atoms with Gasteiger partial charge in [0.1, 0.15) is 0 Å². The van der Waals surface area contributed by atoms with E-state index in [9.17, 15) is 4.79 Å². The molecule has 0 aromatic heterocycles. The van der Waals surface area contributed by atoms with Crippen LogP contribution in [0, 0.1) is 35.5 Å². The molecule has 2 heteroatoms. The molecule has 0 aliphatic heterocycles. The highest BCUT2D eigenvalue weighted by atomic mass is 16.5. The van der Waals surface area contributed by atoms with Crippen molar-refractivity contribution in [3.8, 4) is 12.3 Å². The Morgan fingerprint density at radius 1 is 1.17 bits per heavy atom. The van der Waals surface area contributed by atoms with Crippen LogP contribution in [0.1, 0.15) is 66.7 Å². The summed E-state index contributed by atoms with van der Waals surface area (Å²) in [5.74, 6) is 3.28. The molecule has 2 aliphatic carbocycles. The predicted molar refractivity (Wildman–Crippen MR) is 99.2 cm³/mol. The SMILES string of the molecule is C#CC(OC(=O)C1C(C=C(C)C)C1(C)C)/C(C)=C/C1CCCCC1. The van der Waals surface area contributed by atoms with Crippen molar-refractivity contribution in [3.05, 3.63) is 23.3 Å². The highest BCUT2D eigenvalue weighted by Gasteiger charge is 2.61. The van der Waals surface area contributed by atoms with Crippen molar-refractivity contribution in [1.29, 1.82) is 0 Å². The summed E-state index contributed by atoms with van der Waals surface area (Å²) in [6.45, 7) is 10.4. The van der Waals surface area contributed by atoms with Gasteiger partial charge in [-0.3, -0.25) is 4.79 Å². The maximum absolute atomic E-state index is 12.6. The number of allylic oxidation sites excluding steroid dienone is 3. The summed E-state index contributed by atoms with van der Waals surface area (Å²) in [6.07, 6.45) is 15.9. The standard InChI is InChI=1S/C22H32O2/c1-7-19(16(4)14-17-11-9-8-10-12-17)24-21(23)20-18(13-15(2)3)22(20,5)6/h1,13-14,17-20H,8-12H2,2-6H3/b16-14+. The molecule has 3 atom stereocenters. The third kappa shape index (κ3) is 4.32. The van der Waals surface area contributed by atoms with Gasteiger partial charge in [0.05, 0.1) is 5.92 Å². The first-order valence-corrected chi connectivity index (χ1v) is 9.27. The van der Waals surface area contributed by atoms with Crippen LogP contribution >= 0.6 is 0 Å². The Hall–Kier alpha value is -1.49. The molecule has 0 bridgehead atoms. The lowest BCUT2D eigenvalue weighted by molar-refractivity contribution is -0.147. The van der Waals surface area contributed by atoms with Crippen LogP contribution in [-0.4, -0.2) is 12.1 Å². The topological polar surface area (TPSA) is 26.3 Å². The molecule has 0 spiro atoms. The fourth-order valence-electron chi connectivity index (χ4n) is 4.01. The molecule has 0 N–H and O–H groups in total. The van der Waals surface area contributed by atoms with Gasteiger partial charge in [0, 0.05) is 0 Å². The number of esters is 1. The van der Waals surface area contributed by atoms with Gasteiger partial charge in [-0.2, -0.15) is 0 Å². The summed E-state index contributed by atoms with van der Waals surface area (Å²) in [7, 11) is 0. The monoisotopic (exact) mass is 328 g/mol. The van der Waals surface area contributed by atoms with Crippen molar-refractivity contribution in [1.82, 2.24) is 0 Å². The molecule has 0 heterocycles. The van der Waals surface area contributed by atoms with Gasteiger partial charge in [-0.25, -0.2) is 0 Å². The third-order valence-electron chi connectivity index (χ3n) is 5.62. The lowest BCUT2D eigenvalue weighted by Crippen LogP contribution is -2.21. The summed E-state index contributed by atoms with van der Waals surface area (Å²) in [5.41, 5.74) is 2.22. The summed E-state index contributed by atoms with van der Waals surface area (Å²) >= 11 is 0. The Morgan fingerprint density at radius 3 is 2.33 bits per heavy atom. The van der Waals surface area contributed by atoms with Crippen LogP contribution in [0.25, 0.3) is 0 Å². The van der Waals surface area contributed by atoms with E-state index in [1.807, 2.05) is 6.92 Å². The van der Waals surface area contributed by atoms with Crippen molar-refractivity contribution >= 4 is 5.97 Å². The Balaban J connectivity index is 2.00. The van der Waals surface area contributed by atoms with Crippen LogP contribution in [0.3, 0.4) is 0 Å². The van der Waals surface area contributed by atoms with Gasteiger partial charge < -0.3 is 4.74 Å².